The second-order valence-corrected chi connectivity index (χ2v) is 11.0. The fourth-order valence-corrected chi connectivity index (χ4v) is 5.79. The molecule has 0 unspecified atom stereocenters. The third-order valence-corrected chi connectivity index (χ3v) is 8.12. The minimum absolute atomic E-state index is 0.208. The van der Waals surface area contributed by atoms with Gasteiger partial charge in [0.25, 0.3) is 0 Å². The molecule has 33 heavy (non-hydrogen) atoms. The summed E-state index contributed by atoms with van der Waals surface area (Å²) in [5, 5.41) is 2.55. The van der Waals surface area contributed by atoms with Gasteiger partial charge in [0, 0.05) is 44.2 Å². The Morgan fingerprint density at radius 1 is 0.970 bits per heavy atom. The van der Waals surface area contributed by atoms with Gasteiger partial charge in [0.2, 0.25) is 0 Å². The van der Waals surface area contributed by atoms with E-state index in [0.29, 0.717) is 6.61 Å². The molecule has 1 aliphatic rings. The monoisotopic (exact) mass is 458 g/mol. The lowest BCUT2D eigenvalue weighted by Crippen LogP contribution is -2.44. The molecule has 0 spiro atoms. The number of thiophene rings is 1. The lowest BCUT2D eigenvalue weighted by Gasteiger charge is -2.35. The summed E-state index contributed by atoms with van der Waals surface area (Å²) in [6.45, 7) is 13.5. The van der Waals surface area contributed by atoms with Crippen LogP contribution >= 0.6 is 11.3 Å². The van der Waals surface area contributed by atoms with Gasteiger partial charge < -0.3 is 14.0 Å². The minimum atomic E-state index is -0.405. The number of benzene rings is 3. The SMILES string of the molecule is CCOB(OC(C)(C)CC)c1ccc2c(c1)C(C)(C)c1ccc3c(sc4ccccc43)c1O2. The Balaban J connectivity index is 1.61. The maximum atomic E-state index is 6.60. The molecule has 0 aliphatic carbocycles. The molecule has 5 heteroatoms. The van der Waals surface area contributed by atoms with Crippen LogP contribution in [0.2, 0.25) is 0 Å². The van der Waals surface area contributed by atoms with Crippen molar-refractivity contribution in [1.82, 2.24) is 0 Å². The number of fused-ring (bicyclic) bond motifs is 6. The fourth-order valence-electron chi connectivity index (χ4n) is 4.61. The summed E-state index contributed by atoms with van der Waals surface area (Å²) in [6, 6.07) is 19.4. The average Bonchev–Trinajstić information content (AvgIpc) is 3.18. The van der Waals surface area contributed by atoms with Gasteiger partial charge >= 0.3 is 7.12 Å². The topological polar surface area (TPSA) is 27.7 Å². The van der Waals surface area contributed by atoms with Crippen LogP contribution in [0.25, 0.3) is 20.2 Å². The maximum Gasteiger partial charge on any atom is 0.494 e. The zero-order valence-electron chi connectivity index (χ0n) is 20.3. The molecule has 0 N–H and O–H groups in total. The third-order valence-electron chi connectivity index (χ3n) is 6.93. The third kappa shape index (κ3) is 3.76. The molecule has 4 aromatic rings. The van der Waals surface area contributed by atoms with Gasteiger partial charge in [-0.15, -0.1) is 11.3 Å². The van der Waals surface area contributed by atoms with E-state index in [9.17, 15) is 0 Å². The van der Waals surface area contributed by atoms with Crippen molar-refractivity contribution in [3.8, 4) is 11.5 Å². The van der Waals surface area contributed by atoms with E-state index in [1.54, 1.807) is 0 Å². The van der Waals surface area contributed by atoms with Crippen LogP contribution in [0.5, 0.6) is 11.5 Å². The van der Waals surface area contributed by atoms with E-state index in [2.05, 4.69) is 89.2 Å². The molecule has 5 rings (SSSR count). The Kier molecular flexibility index (Phi) is 5.55. The van der Waals surface area contributed by atoms with Crippen molar-refractivity contribution in [3.63, 3.8) is 0 Å². The van der Waals surface area contributed by atoms with Crippen molar-refractivity contribution < 1.29 is 14.0 Å². The predicted molar refractivity (Wildman–Crippen MR) is 140 cm³/mol. The molecule has 2 heterocycles. The first-order chi connectivity index (χ1) is 15.7. The highest BCUT2D eigenvalue weighted by Gasteiger charge is 2.38. The van der Waals surface area contributed by atoms with Gasteiger partial charge in [0.1, 0.15) is 11.5 Å². The van der Waals surface area contributed by atoms with E-state index in [1.807, 2.05) is 18.3 Å². The van der Waals surface area contributed by atoms with Gasteiger partial charge in [0.05, 0.1) is 4.70 Å². The van der Waals surface area contributed by atoms with Crippen molar-refractivity contribution in [1.29, 1.82) is 0 Å². The van der Waals surface area contributed by atoms with Crippen molar-refractivity contribution in [3.05, 3.63) is 65.7 Å². The molecule has 1 aromatic heterocycles. The molecule has 0 bridgehead atoms. The first-order valence-electron chi connectivity index (χ1n) is 11.8. The summed E-state index contributed by atoms with van der Waals surface area (Å²) in [7, 11) is -0.405. The molecule has 1 aliphatic heterocycles. The summed E-state index contributed by atoms with van der Waals surface area (Å²) < 4.78 is 21.5. The van der Waals surface area contributed by atoms with Gasteiger partial charge in [-0.3, -0.25) is 0 Å². The van der Waals surface area contributed by atoms with E-state index in [-0.39, 0.29) is 11.0 Å². The lowest BCUT2D eigenvalue weighted by molar-refractivity contribution is 0.0706. The quantitative estimate of drug-likeness (QED) is 0.281. The second kappa shape index (κ2) is 8.16. The van der Waals surface area contributed by atoms with Crippen LogP contribution in [0, 0.1) is 0 Å². The standard InChI is InChI=1S/C28H31BO3S/c1-7-27(3,4)32-29(30-8-2)18-13-16-23-22(17-18)28(5,6)21-15-14-20-19-11-9-10-12-24(19)33-26(20)25(21)31-23/h9-17H,7-8H2,1-6H3. The lowest BCUT2D eigenvalue weighted by atomic mass is 9.70. The van der Waals surface area contributed by atoms with E-state index in [0.717, 1.165) is 28.9 Å². The zero-order chi connectivity index (χ0) is 23.4. The molecule has 0 saturated carbocycles. The Hall–Kier alpha value is -2.34. The van der Waals surface area contributed by atoms with E-state index < -0.39 is 7.12 Å². The van der Waals surface area contributed by atoms with Gasteiger partial charge in [-0.1, -0.05) is 63.2 Å². The molecule has 0 fully saturated rings. The van der Waals surface area contributed by atoms with Crippen molar-refractivity contribution in [2.45, 2.75) is 59.0 Å². The van der Waals surface area contributed by atoms with Crippen molar-refractivity contribution in [2.75, 3.05) is 6.61 Å². The first-order valence-corrected chi connectivity index (χ1v) is 12.6. The summed E-state index contributed by atoms with van der Waals surface area (Å²) in [4.78, 5) is 0. The minimum Gasteiger partial charge on any atom is -0.455 e. The average molecular weight is 458 g/mol. The molecule has 0 atom stereocenters. The predicted octanol–water partition coefficient (Wildman–Crippen LogP) is 7.42. The molecule has 3 aromatic carbocycles. The van der Waals surface area contributed by atoms with E-state index in [4.69, 9.17) is 14.0 Å². The van der Waals surface area contributed by atoms with Crippen molar-refractivity contribution in [2.24, 2.45) is 0 Å². The van der Waals surface area contributed by atoms with Gasteiger partial charge in [-0.2, -0.15) is 0 Å². The molecular weight excluding hydrogens is 427 g/mol. The highest BCUT2D eigenvalue weighted by Crippen LogP contribution is 2.52. The number of hydrogen-bond donors (Lipinski definition) is 0. The van der Waals surface area contributed by atoms with Crippen molar-refractivity contribution >= 4 is 44.1 Å². The first kappa shape index (κ1) is 22.5. The Labute approximate surface area is 200 Å². The smallest absolute Gasteiger partial charge is 0.455 e. The van der Waals surface area contributed by atoms with E-state index >= 15 is 0 Å². The van der Waals surface area contributed by atoms with Crippen LogP contribution < -0.4 is 10.2 Å². The number of hydrogen-bond acceptors (Lipinski definition) is 4. The molecule has 0 radical (unpaired) electrons. The molecule has 3 nitrogen and oxygen atoms in total. The molecule has 170 valence electrons. The maximum absolute atomic E-state index is 6.60. The van der Waals surface area contributed by atoms with Crippen LogP contribution in [0.4, 0.5) is 0 Å². The van der Waals surface area contributed by atoms with E-state index in [1.165, 1.54) is 25.7 Å². The molecular formula is C28H31BO3S. The van der Waals surface area contributed by atoms with Crippen LogP contribution in [-0.4, -0.2) is 19.3 Å². The summed E-state index contributed by atoms with van der Waals surface area (Å²) in [5.41, 5.74) is 2.94. The fraction of sp³-hybridized carbons (Fsp3) is 0.357. The largest absolute Gasteiger partial charge is 0.494 e. The Morgan fingerprint density at radius 2 is 1.76 bits per heavy atom. The van der Waals surface area contributed by atoms with Crippen LogP contribution in [0.1, 0.15) is 59.1 Å². The summed E-state index contributed by atoms with van der Waals surface area (Å²) in [5.74, 6) is 1.90. The Morgan fingerprint density at radius 3 is 2.52 bits per heavy atom. The van der Waals surface area contributed by atoms with Crippen LogP contribution in [0.3, 0.4) is 0 Å². The Bertz CT molecular complexity index is 1340. The van der Waals surface area contributed by atoms with Gasteiger partial charge in [-0.05, 0) is 44.8 Å². The summed E-state index contributed by atoms with van der Waals surface area (Å²) in [6.07, 6.45) is 0.911. The number of rotatable bonds is 6. The summed E-state index contributed by atoms with van der Waals surface area (Å²) >= 11 is 1.81. The highest BCUT2D eigenvalue weighted by molar-refractivity contribution is 7.26. The zero-order valence-corrected chi connectivity index (χ0v) is 21.1. The highest BCUT2D eigenvalue weighted by atomic mass is 32.1. The van der Waals surface area contributed by atoms with Gasteiger partial charge in [-0.25, -0.2) is 0 Å². The van der Waals surface area contributed by atoms with Gasteiger partial charge in [0.15, 0.2) is 0 Å². The normalized spacial score (nSPS) is 14.7. The van der Waals surface area contributed by atoms with Crippen LogP contribution in [0.15, 0.2) is 54.6 Å². The molecule has 0 amide bonds. The number of ether oxygens (including phenoxy) is 1. The second-order valence-electron chi connectivity index (χ2n) is 9.92. The molecule has 0 saturated heterocycles. The van der Waals surface area contributed by atoms with Crippen LogP contribution in [-0.2, 0) is 14.7 Å².